The Morgan fingerprint density at radius 2 is 1.77 bits per heavy atom. The highest BCUT2D eigenvalue weighted by Crippen LogP contribution is 2.14. The number of carbonyl (C=O) groups is 1. The van der Waals surface area contributed by atoms with Crippen molar-refractivity contribution in [3.8, 4) is 0 Å². The van der Waals surface area contributed by atoms with Crippen LogP contribution in [0.5, 0.6) is 0 Å². The minimum atomic E-state index is -0.257. The normalized spacial score (nSPS) is 10.4. The maximum absolute atomic E-state index is 12.3. The Hall–Kier alpha value is -3.22. The monoisotopic (exact) mass is 348 g/mol. The van der Waals surface area contributed by atoms with Crippen LogP contribution in [0.4, 0.5) is 5.69 Å². The van der Waals surface area contributed by atoms with Gasteiger partial charge in [0, 0.05) is 18.0 Å². The summed E-state index contributed by atoms with van der Waals surface area (Å²) in [4.78, 5) is 16.9. The predicted octanol–water partition coefficient (Wildman–Crippen LogP) is 3.17. The Labute approximate surface area is 150 Å². The van der Waals surface area contributed by atoms with Gasteiger partial charge >= 0.3 is 0 Å². The summed E-state index contributed by atoms with van der Waals surface area (Å²) in [5, 5.41) is 20.4. The molecule has 0 saturated heterocycles. The van der Waals surface area contributed by atoms with Crippen LogP contribution in [0, 0.1) is 5.21 Å². The highest BCUT2D eigenvalue weighted by atomic mass is 16.8. The van der Waals surface area contributed by atoms with Crippen molar-refractivity contribution in [1.29, 1.82) is 0 Å². The molecule has 0 saturated carbocycles. The van der Waals surface area contributed by atoms with Gasteiger partial charge in [-0.05, 0) is 29.8 Å². The van der Waals surface area contributed by atoms with Gasteiger partial charge in [-0.15, -0.1) is 0 Å². The number of nitrogens with zero attached hydrogens (tertiary/aromatic N) is 3. The van der Waals surface area contributed by atoms with E-state index in [0.29, 0.717) is 12.1 Å². The molecule has 6 nitrogen and oxygen atoms in total. The number of aromatic nitrogens is 1. The van der Waals surface area contributed by atoms with Crippen LogP contribution in [0.3, 0.4) is 0 Å². The number of benzene rings is 2. The molecule has 26 heavy (non-hydrogen) atoms. The van der Waals surface area contributed by atoms with Crippen LogP contribution < -0.4 is 10.6 Å². The second kappa shape index (κ2) is 8.24. The Balaban J connectivity index is 1.67. The minimum Gasteiger partial charge on any atom is -0.733 e. The van der Waals surface area contributed by atoms with Crippen molar-refractivity contribution < 1.29 is 10.0 Å². The van der Waals surface area contributed by atoms with Crippen LogP contribution in [0.1, 0.15) is 15.9 Å². The third kappa shape index (κ3) is 4.66. The van der Waals surface area contributed by atoms with E-state index in [9.17, 15) is 10.0 Å². The Morgan fingerprint density at radius 1 is 1.04 bits per heavy atom. The highest BCUT2D eigenvalue weighted by Gasteiger charge is 2.07. The van der Waals surface area contributed by atoms with Gasteiger partial charge in [0.2, 0.25) is 0 Å². The SMILES string of the molecule is O=C(Cn1ccc(=NCc2ccccc2)cc1)c1cccc(N([O-])O)c1. The van der Waals surface area contributed by atoms with Crippen molar-refractivity contribution in [2.45, 2.75) is 13.1 Å². The number of anilines is 1. The molecule has 1 N–H and O–H groups in total. The number of Topliss-reactive ketones (excluding diaryl/α,β-unsaturated/α-hetero) is 1. The smallest absolute Gasteiger partial charge is 0.182 e. The fraction of sp³-hybridized carbons (Fsp3) is 0.100. The lowest BCUT2D eigenvalue weighted by Gasteiger charge is -2.21. The van der Waals surface area contributed by atoms with Crippen LogP contribution in [-0.4, -0.2) is 15.6 Å². The zero-order chi connectivity index (χ0) is 18.4. The molecule has 0 aliphatic rings. The van der Waals surface area contributed by atoms with Crippen molar-refractivity contribution in [1.82, 2.24) is 4.57 Å². The maximum atomic E-state index is 12.3. The predicted molar refractivity (Wildman–Crippen MR) is 98.5 cm³/mol. The number of rotatable bonds is 6. The van der Waals surface area contributed by atoms with Crippen LogP contribution >= 0.6 is 0 Å². The molecular weight excluding hydrogens is 330 g/mol. The van der Waals surface area contributed by atoms with Crippen LogP contribution in [-0.2, 0) is 13.1 Å². The van der Waals surface area contributed by atoms with E-state index >= 15 is 0 Å². The molecule has 2 aromatic carbocycles. The number of carbonyl (C=O) groups excluding carboxylic acids is 1. The van der Waals surface area contributed by atoms with Crippen molar-refractivity contribution in [2.75, 3.05) is 5.23 Å². The Bertz CT molecular complexity index is 929. The Morgan fingerprint density at radius 3 is 2.46 bits per heavy atom. The van der Waals surface area contributed by atoms with Crippen molar-refractivity contribution in [3.05, 3.63) is 101 Å². The molecule has 1 heterocycles. The molecule has 0 bridgehead atoms. The molecule has 1 aromatic heterocycles. The third-order valence-electron chi connectivity index (χ3n) is 3.88. The van der Waals surface area contributed by atoms with Gasteiger partial charge in [-0.25, -0.2) is 0 Å². The van der Waals surface area contributed by atoms with E-state index < -0.39 is 0 Å². The summed E-state index contributed by atoms with van der Waals surface area (Å²) in [5.74, 6) is -0.160. The molecule has 3 aromatic rings. The zero-order valence-electron chi connectivity index (χ0n) is 14.0. The molecule has 0 radical (unpaired) electrons. The second-order valence-corrected chi connectivity index (χ2v) is 5.78. The van der Waals surface area contributed by atoms with E-state index in [2.05, 4.69) is 4.99 Å². The van der Waals surface area contributed by atoms with Gasteiger partial charge in [-0.2, -0.15) is 0 Å². The van der Waals surface area contributed by atoms with Gasteiger partial charge in [0.05, 0.1) is 24.1 Å². The molecule has 0 unspecified atom stereocenters. The molecular formula is C20H18N3O3-. The van der Waals surface area contributed by atoms with Crippen LogP contribution in [0.25, 0.3) is 0 Å². The average Bonchev–Trinajstić information content (AvgIpc) is 2.68. The number of ketones is 1. The topological polar surface area (TPSA) is 80.9 Å². The lowest BCUT2D eigenvalue weighted by molar-refractivity contribution is 0.0972. The second-order valence-electron chi connectivity index (χ2n) is 5.78. The lowest BCUT2D eigenvalue weighted by Crippen LogP contribution is -2.14. The van der Waals surface area contributed by atoms with Gasteiger partial charge < -0.3 is 15.0 Å². The van der Waals surface area contributed by atoms with Crippen molar-refractivity contribution in [3.63, 3.8) is 0 Å². The summed E-state index contributed by atoms with van der Waals surface area (Å²) in [7, 11) is 0. The van der Waals surface area contributed by atoms with E-state index in [-0.39, 0.29) is 23.2 Å². The molecule has 132 valence electrons. The van der Waals surface area contributed by atoms with Gasteiger partial charge in [0.25, 0.3) is 0 Å². The summed E-state index contributed by atoms with van der Waals surface area (Å²) in [6, 6.07) is 19.6. The van der Waals surface area contributed by atoms with E-state index in [1.807, 2.05) is 42.5 Å². The lowest BCUT2D eigenvalue weighted by atomic mass is 10.1. The van der Waals surface area contributed by atoms with Crippen molar-refractivity contribution >= 4 is 11.5 Å². The van der Waals surface area contributed by atoms with Gasteiger partial charge in [0.1, 0.15) is 0 Å². The largest absolute Gasteiger partial charge is 0.733 e. The molecule has 0 spiro atoms. The highest BCUT2D eigenvalue weighted by molar-refractivity contribution is 5.96. The van der Waals surface area contributed by atoms with Crippen LogP contribution in [0.2, 0.25) is 0 Å². The number of hydrogen-bond acceptors (Lipinski definition) is 5. The summed E-state index contributed by atoms with van der Waals surface area (Å²) < 4.78 is 1.74. The minimum absolute atomic E-state index is 0.0240. The average molecular weight is 348 g/mol. The fourth-order valence-electron chi connectivity index (χ4n) is 2.48. The maximum Gasteiger partial charge on any atom is 0.182 e. The first-order valence-corrected chi connectivity index (χ1v) is 8.12. The Kier molecular flexibility index (Phi) is 5.58. The first kappa shape index (κ1) is 17.6. The summed E-state index contributed by atoms with van der Waals surface area (Å²) in [5.41, 5.74) is 1.52. The zero-order valence-corrected chi connectivity index (χ0v) is 14.0. The number of hydrogen-bond donors (Lipinski definition) is 1. The first-order valence-electron chi connectivity index (χ1n) is 8.12. The number of pyridine rings is 1. The summed E-state index contributed by atoms with van der Waals surface area (Å²) in [6.45, 7) is 0.732. The molecule has 3 rings (SSSR count). The summed E-state index contributed by atoms with van der Waals surface area (Å²) in [6.07, 6.45) is 3.58. The summed E-state index contributed by atoms with van der Waals surface area (Å²) >= 11 is 0. The van der Waals surface area contributed by atoms with Gasteiger partial charge in [0.15, 0.2) is 5.78 Å². The molecule has 0 aliphatic carbocycles. The standard InChI is InChI=1S/C20H18N3O3/c24-20(17-7-4-8-19(13-17)23(25)26)15-22-11-9-18(10-12-22)21-14-16-5-2-1-3-6-16/h1-13,25H,14-15H2/q-1. The van der Waals surface area contributed by atoms with Crippen LogP contribution in [0.15, 0.2) is 84.1 Å². The molecule has 0 fully saturated rings. The third-order valence-corrected chi connectivity index (χ3v) is 3.88. The van der Waals surface area contributed by atoms with Crippen molar-refractivity contribution in [2.24, 2.45) is 4.99 Å². The van der Waals surface area contributed by atoms with E-state index in [4.69, 9.17) is 5.21 Å². The van der Waals surface area contributed by atoms with Gasteiger partial charge in [-0.3, -0.25) is 15.0 Å². The molecule has 0 atom stereocenters. The first-order chi connectivity index (χ1) is 12.6. The van der Waals surface area contributed by atoms with E-state index in [0.717, 1.165) is 10.9 Å². The fourth-order valence-corrected chi connectivity index (χ4v) is 2.48. The van der Waals surface area contributed by atoms with E-state index in [1.165, 1.54) is 12.1 Å². The molecule has 0 aliphatic heterocycles. The molecule has 0 amide bonds. The van der Waals surface area contributed by atoms with E-state index in [1.54, 1.807) is 29.1 Å². The molecule has 6 heteroatoms. The quantitative estimate of drug-likeness (QED) is 0.548. The van der Waals surface area contributed by atoms with Gasteiger partial charge in [-0.1, -0.05) is 42.5 Å².